The highest BCUT2D eigenvalue weighted by Crippen LogP contribution is 2.10. The standard InChI is InChI=1S/C15H13N5O4/c1-20-7-3-5-10(15(20)23)14(22)17-8-11-18-12(19-24-11)9-4-2-6-16-13(9)21/h2-7H,8H2,1H3,(H,16,21)(H,17,22). The van der Waals surface area contributed by atoms with Crippen LogP contribution in [0.3, 0.4) is 0 Å². The van der Waals surface area contributed by atoms with E-state index in [-0.39, 0.29) is 34.9 Å². The molecule has 0 unspecified atom stereocenters. The van der Waals surface area contributed by atoms with E-state index < -0.39 is 11.5 Å². The van der Waals surface area contributed by atoms with Crippen molar-refractivity contribution in [2.45, 2.75) is 6.54 Å². The second-order valence-corrected chi connectivity index (χ2v) is 4.95. The van der Waals surface area contributed by atoms with Crippen LogP contribution in [0.5, 0.6) is 0 Å². The van der Waals surface area contributed by atoms with Crippen molar-refractivity contribution in [1.82, 2.24) is 25.0 Å². The first kappa shape index (κ1) is 15.4. The summed E-state index contributed by atoms with van der Waals surface area (Å²) >= 11 is 0. The van der Waals surface area contributed by atoms with Gasteiger partial charge in [-0.1, -0.05) is 5.16 Å². The van der Waals surface area contributed by atoms with Crippen LogP contribution in [0.2, 0.25) is 0 Å². The monoisotopic (exact) mass is 327 g/mol. The van der Waals surface area contributed by atoms with E-state index in [2.05, 4.69) is 20.4 Å². The van der Waals surface area contributed by atoms with E-state index in [0.29, 0.717) is 0 Å². The molecule has 0 spiro atoms. The largest absolute Gasteiger partial charge is 0.343 e. The van der Waals surface area contributed by atoms with Crippen LogP contribution in [0.15, 0.2) is 50.8 Å². The van der Waals surface area contributed by atoms with Gasteiger partial charge in [0, 0.05) is 19.4 Å². The van der Waals surface area contributed by atoms with E-state index in [1.54, 1.807) is 31.4 Å². The molecule has 1 amide bonds. The van der Waals surface area contributed by atoms with E-state index in [0.717, 1.165) is 0 Å². The predicted octanol–water partition coefficient (Wildman–Crippen LogP) is 0.0536. The summed E-state index contributed by atoms with van der Waals surface area (Å²) in [4.78, 5) is 42.1. The van der Waals surface area contributed by atoms with E-state index in [4.69, 9.17) is 4.52 Å². The van der Waals surface area contributed by atoms with Gasteiger partial charge in [0.1, 0.15) is 5.56 Å². The van der Waals surface area contributed by atoms with E-state index in [1.807, 2.05) is 0 Å². The minimum atomic E-state index is -0.548. The van der Waals surface area contributed by atoms with E-state index >= 15 is 0 Å². The number of aromatic amines is 1. The van der Waals surface area contributed by atoms with Gasteiger partial charge < -0.3 is 19.4 Å². The van der Waals surface area contributed by atoms with Gasteiger partial charge in [0.15, 0.2) is 0 Å². The minimum absolute atomic E-state index is 0.0132. The lowest BCUT2D eigenvalue weighted by molar-refractivity contribution is 0.0944. The molecule has 0 aliphatic heterocycles. The minimum Gasteiger partial charge on any atom is -0.343 e. The topological polar surface area (TPSA) is 123 Å². The van der Waals surface area contributed by atoms with Gasteiger partial charge in [-0.15, -0.1) is 0 Å². The Kier molecular flexibility index (Phi) is 4.06. The first-order valence-corrected chi connectivity index (χ1v) is 7.01. The van der Waals surface area contributed by atoms with Crippen molar-refractivity contribution in [2.75, 3.05) is 0 Å². The molecule has 0 aliphatic rings. The zero-order valence-electron chi connectivity index (χ0n) is 12.6. The first-order valence-electron chi connectivity index (χ1n) is 7.01. The van der Waals surface area contributed by atoms with Gasteiger partial charge in [-0.05, 0) is 24.3 Å². The van der Waals surface area contributed by atoms with Crippen LogP contribution in [0.4, 0.5) is 0 Å². The first-order chi connectivity index (χ1) is 11.6. The van der Waals surface area contributed by atoms with Crippen LogP contribution in [0.25, 0.3) is 11.4 Å². The van der Waals surface area contributed by atoms with Crippen LogP contribution >= 0.6 is 0 Å². The lowest BCUT2D eigenvalue weighted by Crippen LogP contribution is -2.31. The van der Waals surface area contributed by atoms with Crippen molar-refractivity contribution in [3.05, 3.63) is 68.8 Å². The Morgan fingerprint density at radius 2 is 2.17 bits per heavy atom. The van der Waals surface area contributed by atoms with Crippen molar-refractivity contribution in [3.63, 3.8) is 0 Å². The van der Waals surface area contributed by atoms with Crippen LogP contribution in [0.1, 0.15) is 16.2 Å². The van der Waals surface area contributed by atoms with Gasteiger partial charge in [-0.2, -0.15) is 4.98 Å². The number of carbonyl (C=O) groups is 1. The number of H-pyrrole nitrogens is 1. The number of nitrogens with one attached hydrogen (secondary N) is 2. The third kappa shape index (κ3) is 3.00. The molecule has 0 fully saturated rings. The molecule has 2 N–H and O–H groups in total. The molecule has 0 aromatic carbocycles. The number of pyridine rings is 2. The lowest BCUT2D eigenvalue weighted by atomic mass is 10.2. The van der Waals surface area contributed by atoms with Crippen LogP contribution in [0, 0.1) is 0 Å². The van der Waals surface area contributed by atoms with Crippen molar-refractivity contribution >= 4 is 5.91 Å². The zero-order valence-corrected chi connectivity index (χ0v) is 12.6. The highest BCUT2D eigenvalue weighted by atomic mass is 16.5. The molecule has 0 saturated heterocycles. The summed E-state index contributed by atoms with van der Waals surface area (Å²) in [6, 6.07) is 6.22. The second-order valence-electron chi connectivity index (χ2n) is 4.95. The third-order valence-corrected chi connectivity index (χ3v) is 3.30. The summed E-state index contributed by atoms with van der Waals surface area (Å²) in [5.41, 5.74) is -0.478. The maximum Gasteiger partial charge on any atom is 0.263 e. The van der Waals surface area contributed by atoms with Gasteiger partial charge in [-0.3, -0.25) is 14.4 Å². The summed E-state index contributed by atoms with van der Waals surface area (Å²) in [6.45, 7) is -0.0609. The second kappa shape index (κ2) is 6.32. The average molecular weight is 327 g/mol. The summed E-state index contributed by atoms with van der Waals surface area (Å²) in [7, 11) is 1.56. The fraction of sp³-hybridized carbons (Fsp3) is 0.133. The SMILES string of the molecule is Cn1cccc(C(=O)NCc2nc(-c3ccc[nH]c3=O)no2)c1=O. The Balaban J connectivity index is 1.73. The zero-order chi connectivity index (χ0) is 17.1. The Hall–Kier alpha value is -3.49. The fourth-order valence-electron chi connectivity index (χ4n) is 2.05. The molecule has 0 bridgehead atoms. The average Bonchev–Trinajstić information content (AvgIpc) is 3.04. The van der Waals surface area contributed by atoms with Crippen molar-refractivity contribution in [1.29, 1.82) is 0 Å². The highest BCUT2D eigenvalue weighted by Gasteiger charge is 2.14. The van der Waals surface area contributed by atoms with Gasteiger partial charge in [0.25, 0.3) is 17.0 Å². The maximum atomic E-state index is 12.1. The van der Waals surface area contributed by atoms with Crippen molar-refractivity contribution in [2.24, 2.45) is 7.05 Å². The summed E-state index contributed by atoms with van der Waals surface area (Å²) < 4.78 is 6.31. The number of rotatable bonds is 4. The van der Waals surface area contributed by atoms with Crippen LogP contribution in [-0.2, 0) is 13.6 Å². The molecule has 0 atom stereocenters. The lowest BCUT2D eigenvalue weighted by Gasteiger charge is -2.03. The summed E-state index contributed by atoms with van der Waals surface area (Å²) in [5, 5.41) is 6.23. The Morgan fingerprint density at radius 3 is 2.96 bits per heavy atom. The Bertz CT molecular complexity index is 1000. The third-order valence-electron chi connectivity index (χ3n) is 3.30. The molecule has 9 heteroatoms. The molecule has 9 nitrogen and oxygen atoms in total. The van der Waals surface area contributed by atoms with Crippen molar-refractivity contribution in [3.8, 4) is 11.4 Å². The Labute approximate surface area is 135 Å². The van der Waals surface area contributed by atoms with Gasteiger partial charge >= 0.3 is 0 Å². The number of hydrogen-bond acceptors (Lipinski definition) is 6. The molecule has 0 saturated carbocycles. The van der Waals surface area contributed by atoms with Crippen molar-refractivity contribution < 1.29 is 9.32 Å². The molecule has 0 radical (unpaired) electrons. The molecule has 122 valence electrons. The summed E-state index contributed by atoms with van der Waals surface area (Å²) in [6.07, 6.45) is 3.05. The highest BCUT2D eigenvalue weighted by molar-refractivity contribution is 5.93. The molecule has 3 aromatic heterocycles. The van der Waals surface area contributed by atoms with Gasteiger partial charge in [0.2, 0.25) is 11.7 Å². The number of carbonyl (C=O) groups excluding carboxylic acids is 1. The molecule has 3 rings (SSSR count). The van der Waals surface area contributed by atoms with Gasteiger partial charge in [0.05, 0.1) is 12.1 Å². The molecule has 0 aliphatic carbocycles. The fourth-order valence-corrected chi connectivity index (χ4v) is 2.05. The molecule has 3 aromatic rings. The number of aryl methyl sites for hydroxylation is 1. The predicted molar refractivity (Wildman–Crippen MR) is 83.2 cm³/mol. The molecule has 24 heavy (non-hydrogen) atoms. The number of amides is 1. The normalized spacial score (nSPS) is 10.5. The van der Waals surface area contributed by atoms with E-state index in [1.165, 1.54) is 16.8 Å². The smallest absolute Gasteiger partial charge is 0.263 e. The van der Waals surface area contributed by atoms with Crippen LogP contribution in [-0.4, -0.2) is 25.6 Å². The quantitative estimate of drug-likeness (QED) is 0.698. The molecular formula is C15H13N5O4. The summed E-state index contributed by atoms with van der Waals surface area (Å²) in [5.74, 6) is -0.306. The molecule has 3 heterocycles. The van der Waals surface area contributed by atoms with Gasteiger partial charge in [-0.25, -0.2) is 0 Å². The maximum absolute atomic E-state index is 12.1. The number of nitrogens with zero attached hydrogens (tertiary/aromatic N) is 3. The Morgan fingerprint density at radius 1 is 1.33 bits per heavy atom. The molecular weight excluding hydrogens is 314 g/mol. The number of aromatic nitrogens is 4. The van der Waals surface area contributed by atoms with E-state index in [9.17, 15) is 14.4 Å². The number of hydrogen-bond donors (Lipinski definition) is 2. The van der Waals surface area contributed by atoms with Crippen LogP contribution < -0.4 is 16.4 Å².